The molecule has 8 heteroatoms. The Balaban J connectivity index is 2.65. The van der Waals surface area contributed by atoms with Gasteiger partial charge in [-0.15, -0.1) is 0 Å². The molecule has 0 aliphatic carbocycles. The minimum Gasteiger partial charge on any atom is -0.396 e. The van der Waals surface area contributed by atoms with E-state index in [1.165, 1.54) is 0 Å². The molecule has 2 N–H and O–H groups in total. The van der Waals surface area contributed by atoms with E-state index in [2.05, 4.69) is 4.72 Å². The minimum atomic E-state index is -3.61. The van der Waals surface area contributed by atoms with E-state index >= 15 is 0 Å². The lowest BCUT2D eigenvalue weighted by atomic mass is 9.96. The van der Waals surface area contributed by atoms with E-state index in [4.69, 9.17) is 5.11 Å². The lowest BCUT2D eigenvalue weighted by molar-refractivity contribution is 0.163. The molecule has 1 rings (SSSR count). The van der Waals surface area contributed by atoms with Crippen molar-refractivity contribution in [3.63, 3.8) is 0 Å². The summed E-state index contributed by atoms with van der Waals surface area (Å²) in [4.78, 5) is 0. The van der Waals surface area contributed by atoms with Gasteiger partial charge in [-0.25, -0.2) is 21.6 Å². The summed E-state index contributed by atoms with van der Waals surface area (Å²) in [5.74, 6) is -0.371. The van der Waals surface area contributed by atoms with Gasteiger partial charge in [-0.05, 0) is 6.42 Å². The minimum absolute atomic E-state index is 0.0675. The van der Waals surface area contributed by atoms with Crippen LogP contribution < -0.4 is 4.72 Å². The van der Waals surface area contributed by atoms with E-state index in [1.807, 2.05) is 0 Å². The second kappa shape index (κ2) is 4.83. The fourth-order valence-corrected chi connectivity index (χ4v) is 5.76. The molecular weight excluding hydrogens is 266 g/mol. The molecule has 0 aromatic carbocycles. The third-order valence-electron chi connectivity index (χ3n) is 2.81. The zero-order valence-corrected chi connectivity index (χ0v) is 11.6. The van der Waals surface area contributed by atoms with Crippen molar-refractivity contribution in [1.29, 1.82) is 0 Å². The zero-order chi connectivity index (χ0) is 13.3. The molecule has 0 aromatic heterocycles. The van der Waals surface area contributed by atoms with Gasteiger partial charge in [-0.3, -0.25) is 0 Å². The molecule has 1 atom stereocenters. The first-order valence-electron chi connectivity index (χ1n) is 5.38. The van der Waals surface area contributed by atoms with E-state index in [1.54, 1.807) is 13.8 Å². The van der Waals surface area contributed by atoms with Gasteiger partial charge in [0.1, 0.15) is 0 Å². The molecule has 1 unspecified atom stereocenters. The Morgan fingerprint density at radius 2 is 2.00 bits per heavy atom. The van der Waals surface area contributed by atoms with Crippen LogP contribution in [0.2, 0.25) is 0 Å². The summed E-state index contributed by atoms with van der Waals surface area (Å²) in [7, 11) is -6.82. The summed E-state index contributed by atoms with van der Waals surface area (Å²) in [5.41, 5.74) is -0.551. The van der Waals surface area contributed by atoms with Crippen molar-refractivity contribution in [1.82, 2.24) is 4.72 Å². The Kier molecular flexibility index (Phi) is 4.23. The SMILES string of the molecule is CC(C)(CO)CNS(=O)(=O)C1CCS(=O)(=O)C1. The molecule has 1 saturated heterocycles. The molecule has 0 spiro atoms. The van der Waals surface area contributed by atoms with Crippen molar-refractivity contribution >= 4 is 19.9 Å². The highest BCUT2D eigenvalue weighted by atomic mass is 32.2. The highest BCUT2D eigenvalue weighted by Gasteiger charge is 2.37. The quantitative estimate of drug-likeness (QED) is 0.682. The maximum absolute atomic E-state index is 11.8. The molecule has 0 saturated carbocycles. The van der Waals surface area contributed by atoms with Crippen LogP contribution in [0.5, 0.6) is 0 Å². The smallest absolute Gasteiger partial charge is 0.215 e. The van der Waals surface area contributed by atoms with Crippen LogP contribution in [-0.2, 0) is 19.9 Å². The first-order valence-corrected chi connectivity index (χ1v) is 8.74. The maximum Gasteiger partial charge on any atom is 0.215 e. The molecule has 1 fully saturated rings. The van der Waals surface area contributed by atoms with Gasteiger partial charge in [0.25, 0.3) is 0 Å². The van der Waals surface area contributed by atoms with Gasteiger partial charge >= 0.3 is 0 Å². The predicted molar refractivity (Wildman–Crippen MR) is 64.8 cm³/mol. The monoisotopic (exact) mass is 285 g/mol. The molecule has 1 aliphatic heterocycles. The number of rotatable bonds is 5. The van der Waals surface area contributed by atoms with E-state index in [0.29, 0.717) is 0 Å². The topological polar surface area (TPSA) is 101 Å². The van der Waals surface area contributed by atoms with Crippen LogP contribution in [0.1, 0.15) is 20.3 Å². The van der Waals surface area contributed by atoms with Gasteiger partial charge in [-0.1, -0.05) is 13.8 Å². The van der Waals surface area contributed by atoms with Gasteiger partial charge in [0.15, 0.2) is 9.84 Å². The Bertz CT molecular complexity index is 466. The molecular formula is C9H19NO5S2. The van der Waals surface area contributed by atoms with Crippen molar-refractivity contribution in [3.8, 4) is 0 Å². The van der Waals surface area contributed by atoms with Crippen LogP contribution in [0.3, 0.4) is 0 Å². The van der Waals surface area contributed by atoms with E-state index in [9.17, 15) is 16.8 Å². The lowest BCUT2D eigenvalue weighted by Crippen LogP contribution is -2.41. The number of nitrogens with one attached hydrogen (secondary N) is 1. The molecule has 0 bridgehead atoms. The highest BCUT2D eigenvalue weighted by Crippen LogP contribution is 2.19. The molecule has 0 radical (unpaired) electrons. The average molecular weight is 285 g/mol. The standard InChI is InChI=1S/C9H19NO5S2/c1-9(2,7-11)6-10-17(14,15)8-3-4-16(12,13)5-8/h8,10-11H,3-7H2,1-2H3. The van der Waals surface area contributed by atoms with Gasteiger partial charge in [-0.2, -0.15) is 0 Å². The molecule has 1 aliphatic rings. The highest BCUT2D eigenvalue weighted by molar-refractivity contribution is 7.95. The second-order valence-electron chi connectivity index (χ2n) is 5.21. The van der Waals surface area contributed by atoms with Crippen molar-refractivity contribution in [2.45, 2.75) is 25.5 Å². The Labute approximate surface area is 102 Å². The van der Waals surface area contributed by atoms with Crippen LogP contribution in [0.15, 0.2) is 0 Å². The number of aliphatic hydroxyl groups excluding tert-OH is 1. The van der Waals surface area contributed by atoms with Gasteiger partial charge in [0, 0.05) is 18.6 Å². The molecule has 102 valence electrons. The fraction of sp³-hybridized carbons (Fsp3) is 1.00. The number of sulfonamides is 1. The van der Waals surface area contributed by atoms with Crippen LogP contribution in [0, 0.1) is 5.41 Å². The number of aliphatic hydroxyl groups is 1. The average Bonchev–Trinajstić information content (AvgIpc) is 2.57. The number of hydrogen-bond acceptors (Lipinski definition) is 5. The molecule has 0 aromatic rings. The van der Waals surface area contributed by atoms with E-state index < -0.39 is 30.5 Å². The third kappa shape index (κ3) is 4.20. The van der Waals surface area contributed by atoms with Crippen molar-refractivity contribution in [2.75, 3.05) is 24.7 Å². The van der Waals surface area contributed by atoms with Gasteiger partial charge in [0.2, 0.25) is 10.0 Å². The largest absolute Gasteiger partial charge is 0.396 e. The summed E-state index contributed by atoms with van der Waals surface area (Å²) in [5, 5.41) is 8.15. The second-order valence-corrected chi connectivity index (χ2v) is 9.49. The summed E-state index contributed by atoms with van der Waals surface area (Å²) in [6.07, 6.45) is 0.150. The summed E-state index contributed by atoms with van der Waals surface area (Å²) < 4.78 is 48.5. The van der Waals surface area contributed by atoms with Gasteiger partial charge < -0.3 is 5.11 Å². The first kappa shape index (κ1) is 14.9. The predicted octanol–water partition coefficient (Wildman–Crippen LogP) is -0.889. The molecule has 0 amide bonds. The first-order chi connectivity index (χ1) is 7.58. The van der Waals surface area contributed by atoms with E-state index in [0.717, 1.165) is 0 Å². The Hall–Kier alpha value is -0.180. The van der Waals surface area contributed by atoms with Crippen molar-refractivity contribution in [3.05, 3.63) is 0 Å². The van der Waals surface area contributed by atoms with Crippen LogP contribution in [-0.4, -0.2) is 51.8 Å². The van der Waals surface area contributed by atoms with Crippen LogP contribution in [0.4, 0.5) is 0 Å². The van der Waals surface area contributed by atoms with Crippen LogP contribution in [0.25, 0.3) is 0 Å². The molecule has 1 heterocycles. The molecule has 17 heavy (non-hydrogen) atoms. The number of hydrogen-bond donors (Lipinski definition) is 2. The number of sulfone groups is 1. The summed E-state index contributed by atoms with van der Waals surface area (Å²) in [6, 6.07) is 0. The normalized spacial score (nSPS) is 25.0. The van der Waals surface area contributed by atoms with Crippen molar-refractivity contribution in [2.24, 2.45) is 5.41 Å². The summed E-state index contributed by atoms with van der Waals surface area (Å²) in [6.45, 7) is 3.41. The zero-order valence-electron chi connectivity index (χ0n) is 10.0. The van der Waals surface area contributed by atoms with Crippen molar-refractivity contribution < 1.29 is 21.9 Å². The third-order valence-corrected chi connectivity index (χ3v) is 6.62. The van der Waals surface area contributed by atoms with Crippen LogP contribution >= 0.6 is 0 Å². The fourth-order valence-electron chi connectivity index (χ4n) is 1.48. The Morgan fingerprint density at radius 1 is 1.41 bits per heavy atom. The van der Waals surface area contributed by atoms with E-state index in [-0.39, 0.29) is 31.1 Å². The Morgan fingerprint density at radius 3 is 2.41 bits per heavy atom. The van der Waals surface area contributed by atoms with Gasteiger partial charge in [0.05, 0.1) is 16.8 Å². The summed E-state index contributed by atoms with van der Waals surface area (Å²) >= 11 is 0. The molecule has 6 nitrogen and oxygen atoms in total. The maximum atomic E-state index is 11.8. The lowest BCUT2D eigenvalue weighted by Gasteiger charge is -2.22.